The predicted molar refractivity (Wildman–Crippen MR) is 108 cm³/mol. The zero-order valence-corrected chi connectivity index (χ0v) is 16.9. The Morgan fingerprint density at radius 1 is 0.900 bits per heavy atom. The Balaban J connectivity index is 0.00000256. The number of nitrogen functional groups attached to an aromatic ring is 1. The molecule has 164 valence electrons. The quantitative estimate of drug-likeness (QED) is 0.767. The molecule has 0 aromatic carbocycles. The Kier molecular flexibility index (Phi) is 6.84. The average molecular weight is 447 g/mol. The summed E-state index contributed by atoms with van der Waals surface area (Å²) in [5.41, 5.74) is 4.67. The van der Waals surface area contributed by atoms with E-state index in [2.05, 4.69) is 15.0 Å². The Labute approximate surface area is 177 Å². The van der Waals surface area contributed by atoms with Gasteiger partial charge < -0.3 is 25.0 Å². The second-order valence-electron chi connectivity index (χ2n) is 6.76. The first-order valence-corrected chi connectivity index (χ1v) is 9.29. The molecule has 2 saturated heterocycles. The molecule has 0 radical (unpaired) electrons. The summed E-state index contributed by atoms with van der Waals surface area (Å²) in [6.45, 7) is 4.43. The molecule has 0 saturated carbocycles. The van der Waals surface area contributed by atoms with Gasteiger partial charge in [0.15, 0.2) is 0 Å². The fourth-order valence-corrected chi connectivity index (χ4v) is 3.33. The molecule has 8 nitrogen and oxygen atoms in total. The molecule has 2 aliphatic heterocycles. The number of nitrogens with zero attached hydrogens (tertiary/aromatic N) is 5. The molecule has 4 rings (SSSR count). The van der Waals surface area contributed by atoms with Crippen LogP contribution in [-0.2, 0) is 15.7 Å². The van der Waals surface area contributed by atoms with Gasteiger partial charge in [-0.05, 0) is 6.07 Å². The van der Waals surface area contributed by atoms with Crippen LogP contribution in [0.3, 0.4) is 0 Å². The smallest absolute Gasteiger partial charge is 0.384 e. The van der Waals surface area contributed by atoms with Crippen LogP contribution in [0.2, 0.25) is 0 Å². The molecule has 0 bridgehead atoms. The first-order valence-electron chi connectivity index (χ1n) is 9.29. The molecule has 12 heteroatoms. The van der Waals surface area contributed by atoms with Crippen molar-refractivity contribution in [3.05, 3.63) is 23.9 Å². The normalized spacial score (nSPS) is 17.6. The summed E-state index contributed by atoms with van der Waals surface area (Å²) in [6, 6.07) is 2.40. The Morgan fingerprint density at radius 3 is 2.10 bits per heavy atom. The number of aromatic nitrogens is 3. The lowest BCUT2D eigenvalue weighted by Crippen LogP contribution is -2.39. The van der Waals surface area contributed by atoms with Gasteiger partial charge in [-0.15, -0.1) is 12.4 Å². The van der Waals surface area contributed by atoms with Crippen molar-refractivity contribution >= 4 is 30.0 Å². The van der Waals surface area contributed by atoms with Crippen molar-refractivity contribution in [1.29, 1.82) is 0 Å². The van der Waals surface area contributed by atoms with Gasteiger partial charge in [-0.3, -0.25) is 0 Å². The van der Waals surface area contributed by atoms with E-state index < -0.39 is 11.7 Å². The van der Waals surface area contributed by atoms with Crippen molar-refractivity contribution < 1.29 is 22.6 Å². The maximum absolute atomic E-state index is 13.6. The van der Waals surface area contributed by atoms with E-state index >= 15 is 0 Å². The molecule has 2 aromatic heterocycles. The van der Waals surface area contributed by atoms with Crippen LogP contribution in [0.15, 0.2) is 18.3 Å². The largest absolute Gasteiger partial charge is 0.417 e. The molecular formula is C18H22ClF3N6O2. The number of alkyl halides is 3. The summed E-state index contributed by atoms with van der Waals surface area (Å²) in [4.78, 5) is 16.8. The number of morpholine rings is 2. The third-order valence-corrected chi connectivity index (χ3v) is 4.84. The van der Waals surface area contributed by atoms with Crippen molar-refractivity contribution in [2.45, 2.75) is 6.18 Å². The molecule has 2 aliphatic rings. The van der Waals surface area contributed by atoms with Crippen LogP contribution in [0, 0.1) is 0 Å². The van der Waals surface area contributed by atoms with Gasteiger partial charge in [0.05, 0.1) is 37.7 Å². The fraction of sp³-hybridized carbons (Fsp3) is 0.500. The first-order chi connectivity index (χ1) is 13.9. The van der Waals surface area contributed by atoms with Gasteiger partial charge in [-0.25, -0.2) is 9.97 Å². The SMILES string of the molecule is Cl.Nc1cc(C(F)(F)F)c(-c2cc(N3CCOCC3)nc(N3CCOCC3)n2)cn1. The van der Waals surface area contributed by atoms with Crippen LogP contribution in [0.5, 0.6) is 0 Å². The molecule has 0 aliphatic carbocycles. The Bertz CT molecular complexity index is 837. The van der Waals surface area contributed by atoms with Crippen molar-refractivity contribution in [1.82, 2.24) is 15.0 Å². The zero-order valence-electron chi connectivity index (χ0n) is 16.1. The standard InChI is InChI=1S/C18H21F3N6O2.ClH/c19-18(20,21)13-9-15(22)23-11-12(13)14-10-16(26-1-5-28-6-2-26)25-17(24-14)27-3-7-29-8-4-27;/h9-11H,1-8H2,(H2,22,23);1H. The average Bonchev–Trinajstić information content (AvgIpc) is 2.74. The van der Waals surface area contributed by atoms with Crippen LogP contribution in [0.25, 0.3) is 11.3 Å². The maximum Gasteiger partial charge on any atom is 0.417 e. The van der Waals surface area contributed by atoms with Crippen molar-refractivity contribution in [2.24, 2.45) is 0 Å². The number of pyridine rings is 1. The molecular weight excluding hydrogens is 425 g/mol. The minimum Gasteiger partial charge on any atom is -0.384 e. The third kappa shape index (κ3) is 4.85. The second kappa shape index (κ2) is 9.19. The number of ether oxygens (including phenoxy) is 2. The number of hydrogen-bond acceptors (Lipinski definition) is 8. The van der Waals surface area contributed by atoms with Crippen LogP contribution in [-0.4, -0.2) is 67.6 Å². The topological polar surface area (TPSA) is 89.6 Å². The summed E-state index contributed by atoms with van der Waals surface area (Å²) < 4.78 is 51.7. The summed E-state index contributed by atoms with van der Waals surface area (Å²) in [5, 5.41) is 0. The molecule has 2 N–H and O–H groups in total. The van der Waals surface area contributed by atoms with E-state index in [1.807, 2.05) is 9.80 Å². The van der Waals surface area contributed by atoms with E-state index in [0.29, 0.717) is 64.4 Å². The van der Waals surface area contributed by atoms with Gasteiger partial charge in [0, 0.05) is 44.0 Å². The molecule has 2 fully saturated rings. The molecule has 30 heavy (non-hydrogen) atoms. The Morgan fingerprint density at radius 2 is 1.50 bits per heavy atom. The minimum absolute atomic E-state index is 0. The van der Waals surface area contributed by atoms with Gasteiger partial charge in [-0.1, -0.05) is 0 Å². The minimum atomic E-state index is -4.59. The zero-order chi connectivity index (χ0) is 20.4. The summed E-state index contributed by atoms with van der Waals surface area (Å²) >= 11 is 0. The van der Waals surface area contributed by atoms with E-state index in [9.17, 15) is 13.2 Å². The van der Waals surface area contributed by atoms with Crippen molar-refractivity contribution in [3.63, 3.8) is 0 Å². The molecule has 0 spiro atoms. The highest BCUT2D eigenvalue weighted by molar-refractivity contribution is 5.85. The van der Waals surface area contributed by atoms with Crippen LogP contribution in [0.4, 0.5) is 30.8 Å². The molecule has 0 amide bonds. The van der Waals surface area contributed by atoms with Crippen LogP contribution < -0.4 is 15.5 Å². The highest BCUT2D eigenvalue weighted by Crippen LogP contribution is 2.38. The van der Waals surface area contributed by atoms with Gasteiger partial charge in [0.2, 0.25) is 5.95 Å². The monoisotopic (exact) mass is 446 g/mol. The van der Waals surface area contributed by atoms with Gasteiger partial charge in [0.25, 0.3) is 0 Å². The Hall–Kier alpha value is -2.37. The lowest BCUT2D eigenvalue weighted by molar-refractivity contribution is -0.137. The predicted octanol–water partition coefficient (Wildman–Crippen LogP) is 2.23. The summed E-state index contributed by atoms with van der Waals surface area (Å²) in [6.07, 6.45) is -3.47. The van der Waals surface area contributed by atoms with Crippen LogP contribution >= 0.6 is 12.4 Å². The molecule has 4 heterocycles. The van der Waals surface area contributed by atoms with Crippen molar-refractivity contribution in [2.75, 3.05) is 68.1 Å². The second-order valence-corrected chi connectivity index (χ2v) is 6.76. The van der Waals surface area contributed by atoms with E-state index in [0.717, 1.165) is 12.3 Å². The first kappa shape index (κ1) is 22.3. The number of rotatable bonds is 3. The lowest BCUT2D eigenvalue weighted by Gasteiger charge is -2.31. The molecule has 0 atom stereocenters. The number of anilines is 3. The third-order valence-electron chi connectivity index (χ3n) is 4.84. The van der Waals surface area contributed by atoms with Crippen LogP contribution in [0.1, 0.15) is 5.56 Å². The van der Waals surface area contributed by atoms with E-state index in [4.69, 9.17) is 15.2 Å². The van der Waals surface area contributed by atoms with Gasteiger partial charge >= 0.3 is 6.18 Å². The van der Waals surface area contributed by atoms with Gasteiger partial charge in [0.1, 0.15) is 11.6 Å². The van der Waals surface area contributed by atoms with Crippen molar-refractivity contribution in [3.8, 4) is 11.3 Å². The number of hydrogen-bond donors (Lipinski definition) is 1. The maximum atomic E-state index is 13.6. The summed E-state index contributed by atoms with van der Waals surface area (Å²) in [5.74, 6) is 0.735. The molecule has 0 unspecified atom stereocenters. The lowest BCUT2D eigenvalue weighted by atomic mass is 10.1. The van der Waals surface area contributed by atoms with Gasteiger partial charge in [-0.2, -0.15) is 18.2 Å². The van der Waals surface area contributed by atoms with E-state index in [1.54, 1.807) is 6.07 Å². The molecule has 2 aromatic rings. The number of nitrogens with two attached hydrogens (primary N) is 1. The highest BCUT2D eigenvalue weighted by Gasteiger charge is 2.35. The van der Waals surface area contributed by atoms with E-state index in [-0.39, 0.29) is 29.5 Å². The number of halogens is 4. The summed E-state index contributed by atoms with van der Waals surface area (Å²) in [7, 11) is 0. The highest BCUT2D eigenvalue weighted by atomic mass is 35.5. The fourth-order valence-electron chi connectivity index (χ4n) is 3.33. The van der Waals surface area contributed by atoms with E-state index in [1.165, 1.54) is 0 Å².